The smallest absolute Gasteiger partial charge is 0.165 e. The van der Waals surface area contributed by atoms with Crippen LogP contribution in [0.4, 0.5) is 0 Å². The Morgan fingerprint density at radius 3 is 2.76 bits per heavy atom. The summed E-state index contributed by atoms with van der Waals surface area (Å²) in [5, 5.41) is 0. The van der Waals surface area contributed by atoms with E-state index in [1.165, 1.54) is 44.1 Å². The molecule has 0 aromatic carbocycles. The SMILES string of the molecule is C[C@]12CC[C@H]3C(=C1C=CC2=O)CCC1C(N)CCC[C@@]13C. The molecule has 0 radical (unpaired) electrons. The van der Waals surface area contributed by atoms with Crippen LogP contribution in [0.1, 0.15) is 58.8 Å². The minimum Gasteiger partial charge on any atom is -0.327 e. The number of ketones is 1. The number of hydrogen-bond acceptors (Lipinski definition) is 2. The summed E-state index contributed by atoms with van der Waals surface area (Å²) < 4.78 is 0. The largest absolute Gasteiger partial charge is 0.327 e. The number of hydrogen-bond donors (Lipinski definition) is 1. The van der Waals surface area contributed by atoms with Gasteiger partial charge in [-0.15, -0.1) is 0 Å². The molecule has 0 saturated heterocycles. The van der Waals surface area contributed by atoms with Crippen LogP contribution in [0.15, 0.2) is 23.3 Å². The maximum Gasteiger partial charge on any atom is 0.165 e. The fraction of sp³-hybridized carbons (Fsp3) is 0.737. The summed E-state index contributed by atoms with van der Waals surface area (Å²) in [5.41, 5.74) is 9.63. The number of allylic oxidation sites excluding steroid dienone is 4. The van der Waals surface area contributed by atoms with Crippen molar-refractivity contribution in [3.63, 3.8) is 0 Å². The second-order valence-corrected chi connectivity index (χ2v) is 8.27. The molecule has 4 aliphatic rings. The van der Waals surface area contributed by atoms with Crippen LogP contribution in [0.2, 0.25) is 0 Å². The van der Waals surface area contributed by atoms with Crippen LogP contribution in [0.3, 0.4) is 0 Å². The third kappa shape index (κ3) is 1.66. The summed E-state index contributed by atoms with van der Waals surface area (Å²) in [7, 11) is 0. The molecule has 2 unspecified atom stereocenters. The molecule has 2 N–H and O–H groups in total. The van der Waals surface area contributed by atoms with Crippen LogP contribution >= 0.6 is 0 Å². The van der Waals surface area contributed by atoms with E-state index in [1.807, 2.05) is 6.08 Å². The predicted octanol–water partition coefficient (Wildman–Crippen LogP) is 3.77. The minimum absolute atomic E-state index is 0.203. The van der Waals surface area contributed by atoms with Gasteiger partial charge in [0.2, 0.25) is 0 Å². The number of carbonyl (C=O) groups is 1. The van der Waals surface area contributed by atoms with Gasteiger partial charge in [0.1, 0.15) is 0 Å². The molecule has 0 spiro atoms. The predicted molar refractivity (Wildman–Crippen MR) is 84.7 cm³/mol. The zero-order chi connectivity index (χ0) is 14.8. The van der Waals surface area contributed by atoms with Gasteiger partial charge in [0.25, 0.3) is 0 Å². The zero-order valence-corrected chi connectivity index (χ0v) is 13.3. The Balaban J connectivity index is 1.79. The molecule has 2 heteroatoms. The number of carbonyl (C=O) groups excluding carboxylic acids is 1. The summed E-state index contributed by atoms with van der Waals surface area (Å²) in [6.45, 7) is 4.65. The van der Waals surface area contributed by atoms with Gasteiger partial charge >= 0.3 is 0 Å². The maximum atomic E-state index is 12.3. The van der Waals surface area contributed by atoms with Crippen molar-refractivity contribution < 1.29 is 4.79 Å². The van der Waals surface area contributed by atoms with E-state index in [9.17, 15) is 4.79 Å². The van der Waals surface area contributed by atoms with Crippen molar-refractivity contribution in [1.82, 2.24) is 0 Å². The van der Waals surface area contributed by atoms with E-state index in [1.54, 1.807) is 5.57 Å². The molecular formula is C19H27NO. The van der Waals surface area contributed by atoms with Crippen LogP contribution in [0, 0.1) is 22.7 Å². The van der Waals surface area contributed by atoms with Crippen LogP contribution in [0.5, 0.6) is 0 Å². The molecule has 0 amide bonds. The summed E-state index contributed by atoms with van der Waals surface area (Å²) in [5.74, 6) is 1.68. The van der Waals surface area contributed by atoms with E-state index in [2.05, 4.69) is 19.9 Å². The van der Waals surface area contributed by atoms with Crippen molar-refractivity contribution in [2.45, 2.75) is 64.8 Å². The summed E-state index contributed by atoms with van der Waals surface area (Å²) in [6, 6.07) is 0.393. The highest BCUT2D eigenvalue weighted by Gasteiger charge is 2.54. The highest BCUT2D eigenvalue weighted by atomic mass is 16.1. The van der Waals surface area contributed by atoms with Crippen molar-refractivity contribution in [3.05, 3.63) is 23.3 Å². The summed E-state index contributed by atoms with van der Waals surface area (Å²) in [4.78, 5) is 12.3. The fourth-order valence-electron chi connectivity index (χ4n) is 6.09. The van der Waals surface area contributed by atoms with Gasteiger partial charge in [-0.2, -0.15) is 0 Å². The molecule has 4 rings (SSSR count). The molecule has 0 aliphatic heterocycles. The van der Waals surface area contributed by atoms with Gasteiger partial charge in [0.05, 0.1) is 5.41 Å². The standard InChI is InChI=1S/C19H27NO/c1-18-10-3-4-16(20)15(18)6-5-12-13-7-8-17(21)19(13,2)11-9-14(12)18/h7-8,14-16H,3-6,9-11,20H2,1-2H3/t14-,15?,16?,18+,19-/m0/s1. The average Bonchev–Trinajstić information content (AvgIpc) is 2.75. The van der Waals surface area contributed by atoms with E-state index >= 15 is 0 Å². The lowest BCUT2D eigenvalue weighted by Gasteiger charge is -2.56. The number of fused-ring (bicyclic) bond motifs is 4. The molecule has 0 heterocycles. The topological polar surface area (TPSA) is 43.1 Å². The van der Waals surface area contributed by atoms with Crippen molar-refractivity contribution in [3.8, 4) is 0 Å². The highest BCUT2D eigenvalue weighted by Crippen LogP contribution is 2.61. The van der Waals surface area contributed by atoms with E-state index in [0.29, 0.717) is 29.1 Å². The third-order valence-electron chi connectivity index (χ3n) is 7.38. The Labute approximate surface area is 127 Å². The van der Waals surface area contributed by atoms with Gasteiger partial charge in [-0.1, -0.05) is 25.0 Å². The van der Waals surface area contributed by atoms with Crippen LogP contribution < -0.4 is 5.73 Å². The van der Waals surface area contributed by atoms with Crippen molar-refractivity contribution >= 4 is 5.78 Å². The highest BCUT2D eigenvalue weighted by molar-refractivity contribution is 6.01. The molecule has 5 atom stereocenters. The lowest BCUT2D eigenvalue weighted by atomic mass is 9.49. The fourth-order valence-corrected chi connectivity index (χ4v) is 6.09. The molecule has 4 aliphatic carbocycles. The first-order valence-electron chi connectivity index (χ1n) is 8.68. The Morgan fingerprint density at radius 2 is 1.95 bits per heavy atom. The third-order valence-corrected chi connectivity index (χ3v) is 7.38. The summed E-state index contributed by atoms with van der Waals surface area (Å²) in [6.07, 6.45) is 12.4. The quantitative estimate of drug-likeness (QED) is 0.736. The molecule has 2 fully saturated rings. The number of nitrogens with two attached hydrogens (primary N) is 1. The molecule has 0 bridgehead atoms. The monoisotopic (exact) mass is 285 g/mol. The van der Waals surface area contributed by atoms with Crippen LogP contribution in [0.25, 0.3) is 0 Å². The minimum atomic E-state index is -0.203. The molecule has 2 saturated carbocycles. The summed E-state index contributed by atoms with van der Waals surface area (Å²) >= 11 is 0. The average molecular weight is 285 g/mol. The van der Waals surface area contributed by atoms with Gasteiger partial charge in [0.15, 0.2) is 5.78 Å². The normalized spacial score (nSPS) is 48.9. The molecule has 21 heavy (non-hydrogen) atoms. The van der Waals surface area contributed by atoms with Gasteiger partial charge in [-0.25, -0.2) is 0 Å². The van der Waals surface area contributed by atoms with Crippen LogP contribution in [-0.4, -0.2) is 11.8 Å². The second kappa shape index (κ2) is 4.32. The molecule has 114 valence electrons. The molecule has 2 nitrogen and oxygen atoms in total. The number of rotatable bonds is 0. The first-order chi connectivity index (χ1) is 9.97. The van der Waals surface area contributed by atoms with Crippen molar-refractivity contribution in [2.75, 3.05) is 0 Å². The first-order valence-corrected chi connectivity index (χ1v) is 8.68. The Bertz CT molecular complexity index is 560. The van der Waals surface area contributed by atoms with E-state index in [4.69, 9.17) is 5.73 Å². The Kier molecular flexibility index (Phi) is 2.83. The van der Waals surface area contributed by atoms with Gasteiger partial charge < -0.3 is 5.73 Å². The Hall–Kier alpha value is -0.890. The van der Waals surface area contributed by atoms with Gasteiger partial charge in [-0.05, 0) is 74.3 Å². The second-order valence-electron chi connectivity index (χ2n) is 8.27. The van der Waals surface area contributed by atoms with Crippen molar-refractivity contribution in [1.29, 1.82) is 0 Å². The van der Waals surface area contributed by atoms with Gasteiger partial charge in [-0.3, -0.25) is 4.79 Å². The molecular weight excluding hydrogens is 258 g/mol. The lowest BCUT2D eigenvalue weighted by Crippen LogP contribution is -2.52. The van der Waals surface area contributed by atoms with E-state index in [0.717, 1.165) is 6.42 Å². The van der Waals surface area contributed by atoms with Crippen molar-refractivity contribution in [2.24, 2.45) is 28.4 Å². The lowest BCUT2D eigenvalue weighted by molar-refractivity contribution is -0.121. The molecule has 0 aromatic heterocycles. The van der Waals surface area contributed by atoms with Crippen LogP contribution in [-0.2, 0) is 4.79 Å². The first kappa shape index (κ1) is 13.8. The van der Waals surface area contributed by atoms with Gasteiger partial charge in [0, 0.05) is 6.04 Å². The van der Waals surface area contributed by atoms with E-state index < -0.39 is 0 Å². The van der Waals surface area contributed by atoms with E-state index in [-0.39, 0.29) is 5.41 Å². The maximum absolute atomic E-state index is 12.3. The molecule has 0 aromatic rings. The Morgan fingerprint density at radius 1 is 1.14 bits per heavy atom. The zero-order valence-electron chi connectivity index (χ0n) is 13.3.